The molecule has 0 saturated carbocycles. The van der Waals surface area contributed by atoms with Crippen molar-refractivity contribution in [2.24, 2.45) is 0 Å². The Morgan fingerprint density at radius 1 is 1.00 bits per heavy atom. The molecule has 3 heteroatoms. The first-order valence-electron chi connectivity index (χ1n) is 7.90. The Labute approximate surface area is 132 Å². The molecule has 0 radical (unpaired) electrons. The van der Waals surface area contributed by atoms with Crippen molar-refractivity contribution in [1.82, 2.24) is 0 Å². The average Bonchev–Trinajstić information content (AvgIpc) is 2.52. The van der Waals surface area contributed by atoms with Crippen molar-refractivity contribution in [1.29, 1.82) is 0 Å². The number of quaternary nitrogens is 1. The second-order valence-corrected chi connectivity index (χ2v) is 6.55. The van der Waals surface area contributed by atoms with E-state index in [1.54, 1.807) is 0 Å². The molecule has 2 aromatic rings. The van der Waals surface area contributed by atoms with Crippen molar-refractivity contribution < 1.29 is 9.75 Å². The number of hydrogen-bond donors (Lipinski definition) is 1. The van der Waals surface area contributed by atoms with Crippen LogP contribution in [0, 0.1) is 12.1 Å². The summed E-state index contributed by atoms with van der Waals surface area (Å²) in [6.07, 6.45) is 1.04. The van der Waals surface area contributed by atoms with E-state index in [0.29, 0.717) is 32.5 Å². The summed E-state index contributed by atoms with van der Waals surface area (Å²) in [5, 5.41) is 23.8. The lowest BCUT2D eigenvalue weighted by Crippen LogP contribution is -2.52. The Balaban J connectivity index is 1.70. The summed E-state index contributed by atoms with van der Waals surface area (Å²) < 4.78 is -0.238. The average molecular weight is 297 g/mol. The molecular formula is C19H23NO2. The summed E-state index contributed by atoms with van der Waals surface area (Å²) in [5.74, 6) is 0. The molecule has 0 aliphatic carbocycles. The largest absolute Gasteiger partial charge is 0.633 e. The number of nitrogens with zero attached hydrogens (tertiary/aromatic N) is 1. The first-order valence-corrected chi connectivity index (χ1v) is 7.90. The van der Waals surface area contributed by atoms with E-state index in [1.807, 2.05) is 61.5 Å². The van der Waals surface area contributed by atoms with Crippen LogP contribution >= 0.6 is 0 Å². The second kappa shape index (κ2) is 5.84. The van der Waals surface area contributed by atoms with E-state index >= 15 is 0 Å². The molecule has 0 amide bonds. The summed E-state index contributed by atoms with van der Waals surface area (Å²) >= 11 is 0. The lowest BCUT2D eigenvalue weighted by Gasteiger charge is -2.50. The van der Waals surface area contributed by atoms with Crippen LogP contribution in [0.5, 0.6) is 0 Å². The van der Waals surface area contributed by atoms with Gasteiger partial charge in [0, 0.05) is 18.4 Å². The zero-order chi connectivity index (χ0) is 15.6. The van der Waals surface area contributed by atoms with Crippen LogP contribution in [-0.2, 0) is 12.1 Å². The third kappa shape index (κ3) is 3.22. The molecule has 1 N–H and O–H groups in total. The molecule has 22 heavy (non-hydrogen) atoms. The van der Waals surface area contributed by atoms with Gasteiger partial charge in [0.1, 0.15) is 12.1 Å². The third-order valence-corrected chi connectivity index (χ3v) is 4.77. The number of benzene rings is 2. The highest BCUT2D eigenvalue weighted by Gasteiger charge is 2.38. The maximum absolute atomic E-state index is 12.9. The van der Waals surface area contributed by atoms with Crippen molar-refractivity contribution in [3.63, 3.8) is 0 Å². The Bertz CT molecular complexity index is 614. The third-order valence-electron chi connectivity index (χ3n) is 4.77. The zero-order valence-electron chi connectivity index (χ0n) is 13.0. The summed E-state index contributed by atoms with van der Waals surface area (Å²) in [5.41, 5.74) is 2.33. The summed E-state index contributed by atoms with van der Waals surface area (Å²) in [4.78, 5) is 0. The number of aryl methyl sites for hydroxylation is 1. The van der Waals surface area contributed by atoms with Gasteiger partial charge in [-0.15, -0.1) is 0 Å². The monoisotopic (exact) mass is 297 g/mol. The molecule has 0 unspecified atom stereocenters. The van der Waals surface area contributed by atoms with Gasteiger partial charge in [0.05, 0.1) is 13.1 Å². The fraction of sp³-hybridized carbons (Fsp3) is 0.368. The van der Waals surface area contributed by atoms with Crippen molar-refractivity contribution in [2.75, 3.05) is 13.1 Å². The van der Waals surface area contributed by atoms with Gasteiger partial charge in [0.15, 0.2) is 0 Å². The predicted octanol–water partition coefficient (Wildman–Crippen LogP) is 3.49. The number of likely N-dealkylation sites (tertiary alicyclic amines) is 1. The molecule has 1 aliphatic heterocycles. The molecule has 1 aliphatic rings. The van der Waals surface area contributed by atoms with Gasteiger partial charge < -0.3 is 15.0 Å². The molecule has 1 heterocycles. The highest BCUT2D eigenvalue weighted by molar-refractivity contribution is 5.27. The number of hydroxylamine groups is 3. The van der Waals surface area contributed by atoms with Crippen LogP contribution in [0.2, 0.25) is 0 Å². The van der Waals surface area contributed by atoms with Crippen molar-refractivity contribution in [3.8, 4) is 0 Å². The number of rotatable bonds is 3. The van der Waals surface area contributed by atoms with E-state index in [1.165, 1.54) is 5.56 Å². The summed E-state index contributed by atoms with van der Waals surface area (Å²) in [6, 6.07) is 17.9. The smallest absolute Gasteiger partial charge is 0.104 e. The Morgan fingerprint density at radius 2 is 1.59 bits per heavy atom. The normalized spacial score (nSPS) is 28.5. The molecule has 116 valence electrons. The van der Waals surface area contributed by atoms with Gasteiger partial charge in [-0.05, 0) is 12.5 Å². The molecule has 2 aromatic carbocycles. The molecule has 1 fully saturated rings. The van der Waals surface area contributed by atoms with Gasteiger partial charge in [-0.25, -0.2) is 0 Å². The number of piperidine rings is 1. The van der Waals surface area contributed by atoms with Gasteiger partial charge in [-0.3, -0.25) is 0 Å². The quantitative estimate of drug-likeness (QED) is 0.696. The molecule has 0 spiro atoms. The highest BCUT2D eigenvalue weighted by Crippen LogP contribution is 2.36. The maximum Gasteiger partial charge on any atom is 0.104 e. The Kier molecular flexibility index (Phi) is 4.04. The molecule has 3 nitrogen and oxygen atoms in total. The fourth-order valence-electron chi connectivity index (χ4n) is 3.24. The van der Waals surface area contributed by atoms with Crippen LogP contribution in [-0.4, -0.2) is 22.8 Å². The Morgan fingerprint density at radius 3 is 2.18 bits per heavy atom. The highest BCUT2D eigenvalue weighted by atomic mass is 16.5. The summed E-state index contributed by atoms with van der Waals surface area (Å²) in [7, 11) is 0. The van der Waals surface area contributed by atoms with E-state index in [9.17, 15) is 10.3 Å². The number of aliphatic hydroxyl groups is 1. The molecule has 0 aromatic heterocycles. The molecule has 0 bridgehead atoms. The fourth-order valence-corrected chi connectivity index (χ4v) is 3.24. The topological polar surface area (TPSA) is 43.3 Å². The minimum absolute atomic E-state index is 0.238. The van der Waals surface area contributed by atoms with E-state index < -0.39 is 5.60 Å². The zero-order valence-corrected chi connectivity index (χ0v) is 13.0. The van der Waals surface area contributed by atoms with E-state index in [-0.39, 0.29) is 4.65 Å². The molecule has 0 atom stereocenters. The first-order chi connectivity index (χ1) is 10.5. The molecule has 1 saturated heterocycles. The van der Waals surface area contributed by atoms with Gasteiger partial charge in [0.2, 0.25) is 0 Å². The summed E-state index contributed by atoms with van der Waals surface area (Å²) in [6.45, 7) is 3.44. The Hall–Kier alpha value is -1.68. The van der Waals surface area contributed by atoms with Crippen molar-refractivity contribution >= 4 is 0 Å². The van der Waals surface area contributed by atoms with E-state index in [2.05, 4.69) is 0 Å². The van der Waals surface area contributed by atoms with E-state index in [0.717, 1.165) is 11.1 Å². The molecular weight excluding hydrogens is 274 g/mol. The predicted molar refractivity (Wildman–Crippen MR) is 87.8 cm³/mol. The van der Waals surface area contributed by atoms with Crippen LogP contribution < -0.4 is 0 Å². The minimum atomic E-state index is -0.851. The lowest BCUT2D eigenvalue weighted by atomic mass is 9.84. The van der Waals surface area contributed by atoms with Crippen molar-refractivity contribution in [3.05, 3.63) is 76.5 Å². The lowest BCUT2D eigenvalue weighted by molar-refractivity contribution is -0.901. The van der Waals surface area contributed by atoms with Crippen LogP contribution in [0.4, 0.5) is 0 Å². The van der Waals surface area contributed by atoms with Crippen LogP contribution in [0.25, 0.3) is 0 Å². The van der Waals surface area contributed by atoms with Gasteiger partial charge in [-0.2, -0.15) is 0 Å². The van der Waals surface area contributed by atoms with E-state index in [4.69, 9.17) is 0 Å². The second-order valence-electron chi connectivity index (χ2n) is 6.55. The first kappa shape index (κ1) is 15.2. The van der Waals surface area contributed by atoms with Crippen LogP contribution in [0.1, 0.15) is 29.5 Å². The minimum Gasteiger partial charge on any atom is -0.633 e. The maximum atomic E-state index is 12.9. The molecule has 3 rings (SSSR count). The van der Waals surface area contributed by atoms with Crippen molar-refractivity contribution in [2.45, 2.75) is 31.9 Å². The van der Waals surface area contributed by atoms with Gasteiger partial charge in [0.25, 0.3) is 0 Å². The van der Waals surface area contributed by atoms with Gasteiger partial charge in [-0.1, -0.05) is 60.2 Å². The standard InChI is InChI=1S/C19H23NO2/c1-16-7-9-18(10-8-16)19(21)11-13-20(22,14-12-19)15-17-5-3-2-4-6-17/h2-10,21H,11-15H2,1H3. The van der Waals surface area contributed by atoms with Crippen LogP contribution in [0.15, 0.2) is 54.6 Å². The van der Waals surface area contributed by atoms with Crippen LogP contribution in [0.3, 0.4) is 0 Å². The van der Waals surface area contributed by atoms with Gasteiger partial charge >= 0.3 is 0 Å². The SMILES string of the molecule is Cc1ccc(C2(O)CC[N+]([O-])(Cc3ccccc3)CC2)cc1. The number of hydrogen-bond acceptors (Lipinski definition) is 2.